The molecule has 2 rings (SSSR count). The molecule has 0 bridgehead atoms. The summed E-state index contributed by atoms with van der Waals surface area (Å²) in [5.41, 5.74) is 1.18. The first-order valence-corrected chi connectivity index (χ1v) is 6.93. The Labute approximate surface area is 110 Å². The summed E-state index contributed by atoms with van der Waals surface area (Å²) in [5.74, 6) is 1.74. The van der Waals surface area contributed by atoms with Crippen LogP contribution in [-0.2, 0) is 0 Å². The fraction of sp³-hybridized carbons (Fsp3) is 0.714. The standard InChI is InChI=1S/C14H24N4/c1-11(2)8-15-10-13-5-4-6-18(13)14-7-12(3)9-16-17-14/h7,9,11,13,15H,4-6,8,10H2,1-3H3. The molecule has 1 fully saturated rings. The van der Waals surface area contributed by atoms with Crippen LogP contribution in [-0.4, -0.2) is 35.9 Å². The van der Waals surface area contributed by atoms with Crippen LogP contribution in [0.5, 0.6) is 0 Å². The topological polar surface area (TPSA) is 41.1 Å². The highest BCUT2D eigenvalue weighted by atomic mass is 15.3. The highest BCUT2D eigenvalue weighted by molar-refractivity contribution is 5.41. The average Bonchev–Trinajstić information content (AvgIpc) is 2.77. The molecule has 0 aliphatic carbocycles. The van der Waals surface area contributed by atoms with Gasteiger partial charge < -0.3 is 10.2 Å². The van der Waals surface area contributed by atoms with Crippen LogP contribution < -0.4 is 10.2 Å². The third-order valence-corrected chi connectivity index (χ3v) is 3.38. The maximum absolute atomic E-state index is 4.26. The molecule has 1 unspecified atom stereocenters. The minimum absolute atomic E-state index is 0.569. The van der Waals surface area contributed by atoms with Gasteiger partial charge >= 0.3 is 0 Å². The summed E-state index contributed by atoms with van der Waals surface area (Å²) in [6, 6.07) is 2.70. The molecule has 18 heavy (non-hydrogen) atoms. The Morgan fingerprint density at radius 1 is 1.50 bits per heavy atom. The Hall–Kier alpha value is -1.16. The van der Waals surface area contributed by atoms with Crippen molar-refractivity contribution >= 4 is 5.82 Å². The molecule has 0 radical (unpaired) electrons. The van der Waals surface area contributed by atoms with Gasteiger partial charge in [0, 0.05) is 19.1 Å². The van der Waals surface area contributed by atoms with E-state index in [1.54, 1.807) is 0 Å². The van der Waals surface area contributed by atoms with E-state index in [1.807, 2.05) is 6.20 Å². The molecule has 100 valence electrons. The SMILES string of the molecule is Cc1cnnc(N2CCCC2CNCC(C)C)c1. The molecule has 1 saturated heterocycles. The van der Waals surface area contributed by atoms with Gasteiger partial charge in [-0.1, -0.05) is 13.8 Å². The van der Waals surface area contributed by atoms with E-state index in [9.17, 15) is 0 Å². The molecule has 0 spiro atoms. The van der Waals surface area contributed by atoms with Crippen LogP contribution in [0.25, 0.3) is 0 Å². The Morgan fingerprint density at radius 3 is 3.06 bits per heavy atom. The van der Waals surface area contributed by atoms with Crippen LogP contribution in [0.3, 0.4) is 0 Å². The molecule has 1 aliphatic rings. The molecule has 1 aromatic heterocycles. The van der Waals surface area contributed by atoms with Gasteiger partial charge in [0.15, 0.2) is 5.82 Å². The fourth-order valence-corrected chi connectivity index (χ4v) is 2.48. The van der Waals surface area contributed by atoms with Crippen molar-refractivity contribution in [1.29, 1.82) is 0 Å². The summed E-state index contributed by atoms with van der Waals surface area (Å²) in [4.78, 5) is 2.40. The van der Waals surface area contributed by atoms with Crippen molar-refractivity contribution < 1.29 is 0 Å². The van der Waals surface area contributed by atoms with Crippen molar-refractivity contribution in [3.63, 3.8) is 0 Å². The number of hydrogen-bond donors (Lipinski definition) is 1. The van der Waals surface area contributed by atoms with Gasteiger partial charge in [-0.05, 0) is 43.9 Å². The van der Waals surface area contributed by atoms with E-state index in [0.29, 0.717) is 12.0 Å². The summed E-state index contributed by atoms with van der Waals surface area (Å²) in [5, 5.41) is 11.9. The molecule has 4 heteroatoms. The normalized spacial score (nSPS) is 19.8. The third-order valence-electron chi connectivity index (χ3n) is 3.38. The van der Waals surface area contributed by atoms with Crippen molar-refractivity contribution in [3.05, 3.63) is 17.8 Å². The maximum atomic E-state index is 4.26. The van der Waals surface area contributed by atoms with Gasteiger partial charge in [0.05, 0.1) is 6.20 Å². The Kier molecular flexibility index (Phi) is 4.53. The second kappa shape index (κ2) is 6.14. The highest BCUT2D eigenvalue weighted by Crippen LogP contribution is 2.23. The van der Waals surface area contributed by atoms with E-state index in [2.05, 4.69) is 47.3 Å². The first kappa shape index (κ1) is 13.3. The van der Waals surface area contributed by atoms with E-state index >= 15 is 0 Å². The quantitative estimate of drug-likeness (QED) is 0.865. The predicted octanol–water partition coefficient (Wildman–Crippen LogP) is 2.00. The lowest BCUT2D eigenvalue weighted by Gasteiger charge is -2.26. The van der Waals surface area contributed by atoms with Crippen molar-refractivity contribution in [2.24, 2.45) is 5.92 Å². The van der Waals surface area contributed by atoms with Crippen LogP contribution in [0.15, 0.2) is 12.3 Å². The molecule has 1 N–H and O–H groups in total. The summed E-state index contributed by atoms with van der Waals surface area (Å²) in [6.45, 7) is 9.79. The van der Waals surface area contributed by atoms with Gasteiger partial charge in [-0.2, -0.15) is 5.10 Å². The van der Waals surface area contributed by atoms with E-state index in [0.717, 1.165) is 25.5 Å². The molecular weight excluding hydrogens is 224 g/mol. The second-order valence-electron chi connectivity index (χ2n) is 5.63. The van der Waals surface area contributed by atoms with Gasteiger partial charge in [-0.15, -0.1) is 5.10 Å². The van der Waals surface area contributed by atoms with Crippen molar-refractivity contribution in [3.8, 4) is 0 Å². The molecule has 2 heterocycles. The molecule has 0 aromatic carbocycles. The number of nitrogens with one attached hydrogen (secondary N) is 1. The van der Waals surface area contributed by atoms with Gasteiger partial charge in [-0.25, -0.2) is 0 Å². The van der Waals surface area contributed by atoms with Crippen molar-refractivity contribution in [1.82, 2.24) is 15.5 Å². The highest BCUT2D eigenvalue weighted by Gasteiger charge is 2.25. The third kappa shape index (κ3) is 3.42. The van der Waals surface area contributed by atoms with Crippen molar-refractivity contribution in [2.75, 3.05) is 24.5 Å². The minimum Gasteiger partial charge on any atom is -0.351 e. The molecule has 1 aliphatic heterocycles. The molecule has 1 atom stereocenters. The lowest BCUT2D eigenvalue weighted by atomic mass is 10.2. The lowest BCUT2D eigenvalue weighted by molar-refractivity contribution is 0.510. The number of nitrogens with zero attached hydrogens (tertiary/aromatic N) is 3. The Morgan fingerprint density at radius 2 is 2.33 bits per heavy atom. The maximum Gasteiger partial charge on any atom is 0.151 e. The van der Waals surface area contributed by atoms with E-state index in [4.69, 9.17) is 0 Å². The minimum atomic E-state index is 0.569. The summed E-state index contributed by atoms with van der Waals surface area (Å²) < 4.78 is 0. The molecular formula is C14H24N4. The molecule has 0 amide bonds. The summed E-state index contributed by atoms with van der Waals surface area (Å²) in [6.07, 6.45) is 4.32. The van der Waals surface area contributed by atoms with E-state index in [-0.39, 0.29) is 0 Å². The summed E-state index contributed by atoms with van der Waals surface area (Å²) >= 11 is 0. The second-order valence-corrected chi connectivity index (χ2v) is 5.63. The van der Waals surface area contributed by atoms with Gasteiger partial charge in [0.2, 0.25) is 0 Å². The molecule has 4 nitrogen and oxygen atoms in total. The smallest absolute Gasteiger partial charge is 0.151 e. The number of hydrogen-bond acceptors (Lipinski definition) is 4. The van der Waals surface area contributed by atoms with Gasteiger partial charge in [0.25, 0.3) is 0 Å². The van der Waals surface area contributed by atoms with Crippen LogP contribution in [0.4, 0.5) is 5.82 Å². The predicted molar refractivity (Wildman–Crippen MR) is 74.8 cm³/mol. The lowest BCUT2D eigenvalue weighted by Crippen LogP contribution is -2.39. The Bertz CT molecular complexity index is 378. The first-order chi connectivity index (χ1) is 8.66. The average molecular weight is 248 g/mol. The first-order valence-electron chi connectivity index (χ1n) is 6.93. The number of anilines is 1. The fourth-order valence-electron chi connectivity index (χ4n) is 2.48. The zero-order valence-electron chi connectivity index (χ0n) is 11.7. The number of aryl methyl sites for hydroxylation is 1. The zero-order chi connectivity index (χ0) is 13.0. The Balaban J connectivity index is 1.95. The van der Waals surface area contributed by atoms with Crippen LogP contribution in [0.1, 0.15) is 32.3 Å². The summed E-state index contributed by atoms with van der Waals surface area (Å²) in [7, 11) is 0. The van der Waals surface area contributed by atoms with Crippen molar-refractivity contribution in [2.45, 2.75) is 39.7 Å². The van der Waals surface area contributed by atoms with Gasteiger partial charge in [0.1, 0.15) is 0 Å². The van der Waals surface area contributed by atoms with Crippen LogP contribution in [0.2, 0.25) is 0 Å². The molecule has 0 saturated carbocycles. The number of rotatable bonds is 5. The van der Waals surface area contributed by atoms with E-state index in [1.165, 1.54) is 18.4 Å². The van der Waals surface area contributed by atoms with E-state index < -0.39 is 0 Å². The number of aromatic nitrogens is 2. The van der Waals surface area contributed by atoms with Crippen LogP contribution in [0, 0.1) is 12.8 Å². The van der Waals surface area contributed by atoms with Gasteiger partial charge in [-0.3, -0.25) is 0 Å². The van der Waals surface area contributed by atoms with Crippen LogP contribution >= 0.6 is 0 Å². The monoisotopic (exact) mass is 248 g/mol. The molecule has 1 aromatic rings. The largest absolute Gasteiger partial charge is 0.351 e. The zero-order valence-corrected chi connectivity index (χ0v) is 11.7.